The normalized spacial score (nSPS) is 10.2. The van der Waals surface area contributed by atoms with Crippen LogP contribution in [0.4, 0.5) is 11.4 Å². The number of esters is 2. The van der Waals surface area contributed by atoms with E-state index in [1.54, 1.807) is 0 Å². The van der Waals surface area contributed by atoms with Crippen LogP contribution in [0.2, 0.25) is 0 Å². The summed E-state index contributed by atoms with van der Waals surface area (Å²) >= 11 is 0. The zero-order valence-electron chi connectivity index (χ0n) is 17.0. The number of rotatable bonds is 8. The van der Waals surface area contributed by atoms with Gasteiger partial charge in [0.15, 0.2) is 0 Å². The molecule has 0 atom stereocenters. The van der Waals surface area contributed by atoms with Gasteiger partial charge in [0.25, 0.3) is 0 Å². The van der Waals surface area contributed by atoms with Crippen molar-refractivity contribution in [1.82, 2.24) is 0 Å². The lowest BCUT2D eigenvalue weighted by Gasteiger charge is -2.12. The lowest BCUT2D eigenvalue weighted by Crippen LogP contribution is -2.09. The zero-order valence-corrected chi connectivity index (χ0v) is 17.0. The second-order valence-electron chi connectivity index (χ2n) is 6.07. The maximum absolute atomic E-state index is 12.1. The van der Waals surface area contributed by atoms with Crippen molar-refractivity contribution in [1.29, 1.82) is 0 Å². The molecule has 2 aromatic carbocycles. The Morgan fingerprint density at radius 2 is 1.10 bits per heavy atom. The molecule has 0 aromatic heterocycles. The van der Waals surface area contributed by atoms with Gasteiger partial charge in [-0.1, -0.05) is 0 Å². The van der Waals surface area contributed by atoms with Gasteiger partial charge in [-0.05, 0) is 29.7 Å². The second kappa shape index (κ2) is 9.52. The molecule has 31 heavy (non-hydrogen) atoms. The van der Waals surface area contributed by atoms with Crippen molar-refractivity contribution in [3.63, 3.8) is 0 Å². The second-order valence-corrected chi connectivity index (χ2v) is 6.07. The fourth-order valence-corrected chi connectivity index (χ4v) is 3.01. The van der Waals surface area contributed by atoms with Crippen molar-refractivity contribution < 1.29 is 38.4 Å². The monoisotopic (exact) mass is 434 g/mol. The predicted octanol–water partition coefficient (Wildman–Crippen LogP) is 2.68. The van der Waals surface area contributed by atoms with E-state index in [4.69, 9.17) is 9.47 Å². The van der Waals surface area contributed by atoms with Crippen molar-refractivity contribution in [2.24, 2.45) is 0 Å². The van der Waals surface area contributed by atoms with Crippen LogP contribution in [0.3, 0.4) is 0 Å². The lowest BCUT2D eigenvalue weighted by atomic mass is 9.98. The molecule has 0 aliphatic rings. The Labute approximate surface area is 175 Å². The number of carbonyl (C=O) groups excluding carboxylic acids is 2. The van der Waals surface area contributed by atoms with Crippen molar-refractivity contribution in [2.75, 3.05) is 28.4 Å². The molecule has 2 aromatic rings. The summed E-state index contributed by atoms with van der Waals surface area (Å²) < 4.78 is 19.3. The van der Waals surface area contributed by atoms with Gasteiger partial charge >= 0.3 is 23.3 Å². The van der Waals surface area contributed by atoms with Gasteiger partial charge in [-0.15, -0.1) is 0 Å². The third kappa shape index (κ3) is 4.69. The number of hydrogen-bond donors (Lipinski definition) is 0. The highest BCUT2D eigenvalue weighted by atomic mass is 16.6. The number of nitro groups is 2. The van der Waals surface area contributed by atoms with Crippen LogP contribution in [-0.4, -0.2) is 50.2 Å². The summed E-state index contributed by atoms with van der Waals surface area (Å²) in [6.45, 7) is 0. The fourth-order valence-electron chi connectivity index (χ4n) is 3.01. The third-order valence-corrected chi connectivity index (χ3v) is 4.28. The van der Waals surface area contributed by atoms with Crippen molar-refractivity contribution >= 4 is 23.3 Å². The van der Waals surface area contributed by atoms with Gasteiger partial charge in [-0.3, -0.25) is 20.2 Å². The Balaban J connectivity index is 2.70. The quantitative estimate of drug-likeness (QED) is 0.343. The number of methoxy groups -OCH3 is 4. The summed E-state index contributed by atoms with van der Waals surface area (Å²) in [6, 6.07) is 4.95. The molecule has 0 fully saturated rings. The maximum Gasteiger partial charge on any atom is 0.341 e. The molecular formula is C19H18N2O10. The molecule has 2 rings (SSSR count). The molecule has 0 N–H and O–H groups in total. The molecular weight excluding hydrogens is 416 g/mol. The van der Waals surface area contributed by atoms with Gasteiger partial charge in [0.05, 0.1) is 38.3 Å². The minimum absolute atomic E-state index is 0.0936. The third-order valence-electron chi connectivity index (χ3n) is 4.28. The first-order valence-corrected chi connectivity index (χ1v) is 8.55. The predicted molar refractivity (Wildman–Crippen MR) is 105 cm³/mol. The summed E-state index contributed by atoms with van der Waals surface area (Å²) in [5.74, 6) is -2.29. The molecule has 0 saturated carbocycles. The summed E-state index contributed by atoms with van der Waals surface area (Å²) in [4.78, 5) is 45.6. The van der Waals surface area contributed by atoms with Crippen LogP contribution < -0.4 is 9.47 Å². The van der Waals surface area contributed by atoms with E-state index in [0.29, 0.717) is 0 Å². The van der Waals surface area contributed by atoms with Crippen LogP contribution in [0.1, 0.15) is 31.8 Å². The summed E-state index contributed by atoms with van der Waals surface area (Å²) in [6.07, 6.45) is -0.0936. The van der Waals surface area contributed by atoms with Crippen molar-refractivity contribution in [3.8, 4) is 11.5 Å². The molecule has 164 valence electrons. The van der Waals surface area contributed by atoms with Gasteiger partial charge in [0, 0.05) is 12.1 Å². The number of nitrogens with zero attached hydrogens (tertiary/aromatic N) is 2. The first kappa shape index (κ1) is 23.1. The Kier molecular flexibility index (Phi) is 7.08. The first-order chi connectivity index (χ1) is 14.7. The van der Waals surface area contributed by atoms with Crippen LogP contribution in [0.15, 0.2) is 24.3 Å². The van der Waals surface area contributed by atoms with Crippen LogP contribution in [0.25, 0.3) is 0 Å². The van der Waals surface area contributed by atoms with Gasteiger partial charge in [-0.25, -0.2) is 9.59 Å². The van der Waals surface area contributed by atoms with Gasteiger partial charge in [0.1, 0.15) is 11.1 Å². The molecule has 0 aliphatic carbocycles. The lowest BCUT2D eigenvalue weighted by molar-refractivity contribution is -0.385. The van der Waals surface area contributed by atoms with E-state index in [9.17, 15) is 29.8 Å². The fraction of sp³-hybridized carbons (Fsp3) is 0.263. The molecule has 0 radical (unpaired) electrons. The highest BCUT2D eigenvalue weighted by Crippen LogP contribution is 2.36. The molecule has 12 heteroatoms. The van der Waals surface area contributed by atoms with E-state index in [2.05, 4.69) is 9.47 Å². The minimum atomic E-state index is -0.863. The zero-order chi connectivity index (χ0) is 23.3. The van der Waals surface area contributed by atoms with E-state index in [1.165, 1.54) is 38.5 Å². The molecule has 0 spiro atoms. The van der Waals surface area contributed by atoms with Crippen LogP contribution in [0.5, 0.6) is 11.5 Å². The highest BCUT2D eigenvalue weighted by molar-refractivity contribution is 5.95. The van der Waals surface area contributed by atoms with Crippen LogP contribution in [0, 0.1) is 20.2 Å². The number of carbonyl (C=O) groups is 2. The summed E-state index contributed by atoms with van der Waals surface area (Å²) in [5.41, 5.74) is -0.852. The minimum Gasteiger partial charge on any atom is -0.490 e. The largest absolute Gasteiger partial charge is 0.490 e. The highest BCUT2D eigenvalue weighted by Gasteiger charge is 2.28. The Morgan fingerprint density at radius 1 is 0.742 bits per heavy atom. The first-order valence-electron chi connectivity index (χ1n) is 8.55. The molecule has 12 nitrogen and oxygen atoms in total. The summed E-state index contributed by atoms with van der Waals surface area (Å²) in [7, 11) is 4.55. The topological polar surface area (TPSA) is 157 Å². The SMILES string of the molecule is COC(=O)c1cc(Cc2cc(C(=O)OC)c(OC)c([N+](=O)[O-])c2)cc([N+](=O)[O-])c1OC. The van der Waals surface area contributed by atoms with E-state index in [0.717, 1.165) is 14.2 Å². The van der Waals surface area contributed by atoms with Crippen LogP contribution >= 0.6 is 0 Å². The number of nitro benzene ring substituents is 2. The molecule has 0 bridgehead atoms. The van der Waals surface area contributed by atoms with Gasteiger partial charge in [-0.2, -0.15) is 0 Å². The van der Waals surface area contributed by atoms with Gasteiger partial charge < -0.3 is 18.9 Å². The maximum atomic E-state index is 12.1. The summed E-state index contributed by atoms with van der Waals surface area (Å²) in [5, 5.41) is 22.9. The number of ether oxygens (including phenoxy) is 4. The van der Waals surface area contributed by atoms with Crippen LogP contribution in [-0.2, 0) is 15.9 Å². The average molecular weight is 434 g/mol. The molecule has 0 unspecified atom stereocenters. The van der Waals surface area contributed by atoms with E-state index >= 15 is 0 Å². The van der Waals surface area contributed by atoms with E-state index in [1.807, 2.05) is 0 Å². The van der Waals surface area contributed by atoms with E-state index in [-0.39, 0.29) is 40.2 Å². The Bertz CT molecular complexity index is 981. The van der Waals surface area contributed by atoms with E-state index < -0.39 is 33.2 Å². The Hall–Kier alpha value is -4.22. The molecule has 0 amide bonds. The standard InChI is InChI=1S/C19H18N2O10/c1-28-16-12(18(22)30-3)6-10(8-14(16)20(24)25)5-11-7-13(19(23)31-4)17(29-2)15(9-11)21(26)27/h6-9H,5H2,1-4H3. The number of hydrogen-bond acceptors (Lipinski definition) is 10. The molecule has 0 aliphatic heterocycles. The van der Waals surface area contributed by atoms with Crippen molar-refractivity contribution in [3.05, 3.63) is 66.7 Å². The average Bonchev–Trinajstić information content (AvgIpc) is 2.76. The Morgan fingerprint density at radius 3 is 1.35 bits per heavy atom. The smallest absolute Gasteiger partial charge is 0.341 e. The molecule has 0 heterocycles. The molecule has 0 saturated heterocycles. The van der Waals surface area contributed by atoms with Crippen molar-refractivity contribution in [2.45, 2.75) is 6.42 Å². The number of benzene rings is 2. The van der Waals surface area contributed by atoms with Gasteiger partial charge in [0.2, 0.25) is 11.5 Å².